The number of aliphatic hydroxyl groups excluding tert-OH is 1. The summed E-state index contributed by atoms with van der Waals surface area (Å²) in [5, 5.41) is 10.6. The molecule has 1 atom stereocenters. The molecule has 0 aliphatic heterocycles. The van der Waals surface area contributed by atoms with Crippen LogP contribution in [0.25, 0.3) is 0 Å². The lowest BCUT2D eigenvalue weighted by molar-refractivity contribution is 0.211. The fourth-order valence-electron chi connectivity index (χ4n) is 2.25. The largest absolute Gasteiger partial charge is 0.496 e. The van der Waals surface area contributed by atoms with E-state index in [0.717, 1.165) is 22.4 Å². The zero-order valence-electron chi connectivity index (χ0n) is 13.0. The van der Waals surface area contributed by atoms with E-state index in [1.54, 1.807) is 7.11 Å². The lowest BCUT2D eigenvalue weighted by Crippen LogP contribution is -2.07. The maximum Gasteiger partial charge on any atom is 0.125 e. The highest BCUT2D eigenvalue weighted by atomic mass is 16.5. The Hall–Kier alpha value is -2.00. The van der Waals surface area contributed by atoms with Crippen LogP contribution in [-0.4, -0.2) is 18.3 Å². The predicted octanol–water partition coefficient (Wildman–Crippen LogP) is 3.87. The molecule has 0 heterocycles. The highest BCUT2D eigenvalue weighted by Crippen LogP contribution is 2.32. The van der Waals surface area contributed by atoms with Crippen molar-refractivity contribution in [3.05, 3.63) is 59.2 Å². The van der Waals surface area contributed by atoms with Crippen molar-refractivity contribution in [3.63, 3.8) is 0 Å². The minimum Gasteiger partial charge on any atom is -0.496 e. The lowest BCUT2D eigenvalue weighted by atomic mass is 9.99. The van der Waals surface area contributed by atoms with E-state index in [-0.39, 0.29) is 6.10 Å². The van der Waals surface area contributed by atoms with E-state index in [1.165, 1.54) is 0 Å². The smallest absolute Gasteiger partial charge is 0.125 e. The molecule has 0 radical (unpaired) electrons. The Morgan fingerprint density at radius 1 is 1.05 bits per heavy atom. The molecule has 0 aliphatic rings. The van der Waals surface area contributed by atoms with Gasteiger partial charge in [0.25, 0.3) is 0 Å². The van der Waals surface area contributed by atoms with Crippen LogP contribution in [0.5, 0.6) is 11.5 Å². The van der Waals surface area contributed by atoms with Crippen LogP contribution >= 0.6 is 0 Å². The van der Waals surface area contributed by atoms with Crippen molar-refractivity contribution in [3.8, 4) is 11.5 Å². The van der Waals surface area contributed by atoms with Crippen LogP contribution in [0.3, 0.4) is 0 Å². The number of hydrogen-bond donors (Lipinski definition) is 1. The molecule has 21 heavy (non-hydrogen) atoms. The molecule has 0 aliphatic carbocycles. The molecule has 3 heteroatoms. The molecule has 0 spiro atoms. The van der Waals surface area contributed by atoms with Crippen molar-refractivity contribution in [2.45, 2.75) is 33.0 Å². The van der Waals surface area contributed by atoms with Gasteiger partial charge in [0.05, 0.1) is 13.2 Å². The molecule has 0 aromatic heterocycles. The van der Waals surface area contributed by atoms with Crippen molar-refractivity contribution in [1.29, 1.82) is 0 Å². The third-order valence-electron chi connectivity index (χ3n) is 3.23. The van der Waals surface area contributed by atoms with E-state index in [9.17, 15) is 5.11 Å². The molecule has 1 unspecified atom stereocenters. The Labute approximate surface area is 126 Å². The van der Waals surface area contributed by atoms with Crippen molar-refractivity contribution >= 4 is 0 Å². The second kappa shape index (κ2) is 6.64. The average Bonchev–Trinajstić information content (AvgIpc) is 2.46. The molecule has 112 valence electrons. The van der Waals surface area contributed by atoms with E-state index >= 15 is 0 Å². The van der Waals surface area contributed by atoms with Gasteiger partial charge in [0.15, 0.2) is 0 Å². The molecule has 2 aromatic rings. The molecule has 0 saturated carbocycles. The van der Waals surface area contributed by atoms with E-state index in [1.807, 2.05) is 63.2 Å². The van der Waals surface area contributed by atoms with Crippen LogP contribution < -0.4 is 9.47 Å². The molecular weight excluding hydrogens is 264 g/mol. The Balaban J connectivity index is 2.33. The number of aryl methyl sites for hydroxylation is 1. The summed E-state index contributed by atoms with van der Waals surface area (Å²) in [4.78, 5) is 0. The average molecular weight is 286 g/mol. The maximum atomic E-state index is 10.6. The summed E-state index contributed by atoms with van der Waals surface area (Å²) < 4.78 is 11.0. The van der Waals surface area contributed by atoms with Crippen LogP contribution in [0.2, 0.25) is 0 Å². The fraction of sp³-hybridized carbons (Fsp3) is 0.333. The number of aliphatic hydroxyl groups is 1. The minimum atomic E-state index is -0.740. The Morgan fingerprint density at radius 3 is 2.48 bits per heavy atom. The van der Waals surface area contributed by atoms with Gasteiger partial charge >= 0.3 is 0 Å². The maximum absolute atomic E-state index is 10.6. The Bertz CT molecular complexity index is 605. The number of methoxy groups -OCH3 is 1. The van der Waals surface area contributed by atoms with Crippen LogP contribution in [-0.2, 0) is 0 Å². The van der Waals surface area contributed by atoms with E-state index < -0.39 is 6.10 Å². The predicted molar refractivity (Wildman–Crippen MR) is 84.0 cm³/mol. The highest BCUT2D eigenvalue weighted by Gasteiger charge is 2.16. The van der Waals surface area contributed by atoms with Gasteiger partial charge in [-0.05, 0) is 50.1 Å². The first-order valence-corrected chi connectivity index (χ1v) is 7.10. The van der Waals surface area contributed by atoms with Gasteiger partial charge in [0.2, 0.25) is 0 Å². The topological polar surface area (TPSA) is 38.7 Å². The molecule has 2 rings (SSSR count). The summed E-state index contributed by atoms with van der Waals surface area (Å²) in [6.45, 7) is 5.95. The Kier molecular flexibility index (Phi) is 4.86. The molecule has 1 N–H and O–H groups in total. The molecule has 0 amide bonds. The first-order valence-electron chi connectivity index (χ1n) is 7.10. The van der Waals surface area contributed by atoms with Gasteiger partial charge in [-0.25, -0.2) is 0 Å². The van der Waals surface area contributed by atoms with Crippen LogP contribution in [0.1, 0.15) is 36.6 Å². The van der Waals surface area contributed by atoms with E-state index in [0.29, 0.717) is 5.75 Å². The van der Waals surface area contributed by atoms with E-state index in [4.69, 9.17) is 9.47 Å². The van der Waals surface area contributed by atoms with Gasteiger partial charge in [-0.2, -0.15) is 0 Å². The normalized spacial score (nSPS) is 12.3. The van der Waals surface area contributed by atoms with Crippen LogP contribution in [0.15, 0.2) is 42.5 Å². The second-order valence-corrected chi connectivity index (χ2v) is 5.39. The quantitative estimate of drug-likeness (QED) is 0.906. The lowest BCUT2D eigenvalue weighted by Gasteiger charge is -2.17. The van der Waals surface area contributed by atoms with Crippen LogP contribution in [0.4, 0.5) is 0 Å². The molecule has 0 fully saturated rings. The first-order chi connectivity index (χ1) is 10.0. The van der Waals surface area contributed by atoms with Gasteiger partial charge in [-0.3, -0.25) is 0 Å². The van der Waals surface area contributed by atoms with Gasteiger partial charge in [0, 0.05) is 5.56 Å². The summed E-state index contributed by atoms with van der Waals surface area (Å²) in [5.74, 6) is 1.45. The van der Waals surface area contributed by atoms with Gasteiger partial charge in [-0.15, -0.1) is 0 Å². The molecule has 2 aromatic carbocycles. The van der Waals surface area contributed by atoms with Crippen molar-refractivity contribution in [1.82, 2.24) is 0 Å². The van der Waals surface area contributed by atoms with Crippen LogP contribution in [0, 0.1) is 6.92 Å². The first kappa shape index (κ1) is 15.4. The minimum absolute atomic E-state index is 0.103. The number of hydrogen-bond acceptors (Lipinski definition) is 3. The fourth-order valence-corrected chi connectivity index (χ4v) is 2.25. The summed E-state index contributed by atoms with van der Waals surface area (Å²) in [5.41, 5.74) is 2.64. The molecule has 0 saturated heterocycles. The summed E-state index contributed by atoms with van der Waals surface area (Å²) in [6, 6.07) is 13.3. The molecule has 3 nitrogen and oxygen atoms in total. The third kappa shape index (κ3) is 3.76. The highest BCUT2D eigenvalue weighted by molar-refractivity contribution is 5.44. The number of rotatable bonds is 5. The zero-order valence-corrected chi connectivity index (χ0v) is 13.0. The van der Waals surface area contributed by atoms with E-state index in [2.05, 4.69) is 0 Å². The zero-order chi connectivity index (χ0) is 15.4. The van der Waals surface area contributed by atoms with Crippen molar-refractivity contribution in [2.24, 2.45) is 0 Å². The van der Waals surface area contributed by atoms with Gasteiger partial charge in [-0.1, -0.05) is 24.3 Å². The molecular formula is C18H22O3. The SMILES string of the molecule is COc1cc(C)ccc1C(O)c1cccc(OC(C)C)c1. The summed E-state index contributed by atoms with van der Waals surface area (Å²) in [7, 11) is 1.61. The van der Waals surface area contributed by atoms with Crippen molar-refractivity contribution in [2.75, 3.05) is 7.11 Å². The number of ether oxygens (including phenoxy) is 2. The molecule has 0 bridgehead atoms. The summed E-state index contributed by atoms with van der Waals surface area (Å²) >= 11 is 0. The summed E-state index contributed by atoms with van der Waals surface area (Å²) in [6.07, 6.45) is -0.637. The van der Waals surface area contributed by atoms with Crippen molar-refractivity contribution < 1.29 is 14.6 Å². The second-order valence-electron chi connectivity index (χ2n) is 5.39. The number of benzene rings is 2. The third-order valence-corrected chi connectivity index (χ3v) is 3.23. The monoisotopic (exact) mass is 286 g/mol. The Morgan fingerprint density at radius 2 is 1.81 bits per heavy atom. The van der Waals surface area contributed by atoms with Gasteiger partial charge in [0.1, 0.15) is 17.6 Å². The standard InChI is InChI=1S/C18H22O3/c1-12(2)21-15-7-5-6-14(11-15)18(19)16-9-8-13(3)10-17(16)20-4/h5-12,18-19H,1-4H3. The van der Waals surface area contributed by atoms with Gasteiger partial charge < -0.3 is 14.6 Å².